The zero-order chi connectivity index (χ0) is 23.5. The van der Waals surface area contributed by atoms with Gasteiger partial charge in [-0.1, -0.05) is 13.8 Å². The Morgan fingerprint density at radius 1 is 1.12 bits per heavy atom. The van der Waals surface area contributed by atoms with Crippen molar-refractivity contribution < 1.29 is 27.1 Å². The van der Waals surface area contributed by atoms with E-state index < -0.39 is 34.3 Å². The van der Waals surface area contributed by atoms with Crippen LogP contribution in [0.2, 0.25) is 0 Å². The van der Waals surface area contributed by atoms with Crippen LogP contribution in [0.4, 0.5) is 15.8 Å². The van der Waals surface area contributed by atoms with Crippen LogP contribution in [-0.4, -0.2) is 44.3 Å². The number of halogens is 1. The van der Waals surface area contributed by atoms with Crippen molar-refractivity contribution in [3.8, 4) is 0 Å². The summed E-state index contributed by atoms with van der Waals surface area (Å²) in [4.78, 5) is 24.2. The zero-order valence-corrected chi connectivity index (χ0v) is 18.7. The number of rotatable bonds is 6. The van der Waals surface area contributed by atoms with Gasteiger partial charge in [0.25, 0.3) is 5.91 Å². The first-order chi connectivity index (χ1) is 15.1. The largest absolute Gasteiger partial charge is 0.452 e. The van der Waals surface area contributed by atoms with Crippen LogP contribution in [0.15, 0.2) is 47.4 Å². The van der Waals surface area contributed by atoms with E-state index >= 15 is 0 Å². The molecule has 2 atom stereocenters. The average molecular weight is 464 g/mol. The smallest absolute Gasteiger partial charge is 0.340 e. The van der Waals surface area contributed by atoms with E-state index in [0.29, 0.717) is 30.6 Å². The quantitative estimate of drug-likeness (QED) is 0.502. The van der Waals surface area contributed by atoms with Crippen molar-refractivity contribution >= 4 is 33.3 Å². The molecule has 2 aromatic rings. The molecule has 1 aliphatic heterocycles. The van der Waals surface area contributed by atoms with E-state index in [1.54, 1.807) is 0 Å². The third-order valence-electron chi connectivity index (χ3n) is 5.18. The minimum Gasteiger partial charge on any atom is -0.452 e. The molecule has 3 N–H and O–H groups in total. The highest BCUT2D eigenvalue weighted by molar-refractivity contribution is 7.89. The molecule has 0 unspecified atom stereocenters. The van der Waals surface area contributed by atoms with E-state index in [9.17, 15) is 22.4 Å². The lowest BCUT2D eigenvalue weighted by Crippen LogP contribution is -2.42. The third kappa shape index (κ3) is 5.63. The summed E-state index contributed by atoms with van der Waals surface area (Å²) in [5.41, 5.74) is 5.79. The molecule has 1 amide bonds. The number of amides is 1. The molecule has 172 valence electrons. The number of nitrogens with zero attached hydrogens (tertiary/aromatic N) is 1. The molecular weight excluding hydrogens is 437 g/mol. The molecule has 1 fully saturated rings. The molecule has 0 spiro atoms. The van der Waals surface area contributed by atoms with Gasteiger partial charge >= 0.3 is 5.97 Å². The van der Waals surface area contributed by atoms with Crippen LogP contribution in [0, 0.1) is 17.7 Å². The maximum absolute atomic E-state index is 13.1. The Labute approximate surface area is 186 Å². The fourth-order valence-electron chi connectivity index (χ4n) is 3.79. The number of carbonyl (C=O) groups excluding carboxylic acids is 2. The summed E-state index contributed by atoms with van der Waals surface area (Å²) in [5.74, 6) is -1.48. The van der Waals surface area contributed by atoms with E-state index in [1.165, 1.54) is 34.6 Å². The molecule has 1 saturated heterocycles. The van der Waals surface area contributed by atoms with Crippen molar-refractivity contribution in [2.45, 2.75) is 25.2 Å². The van der Waals surface area contributed by atoms with Gasteiger partial charge in [0.1, 0.15) is 5.82 Å². The van der Waals surface area contributed by atoms with Gasteiger partial charge < -0.3 is 15.8 Å². The summed E-state index contributed by atoms with van der Waals surface area (Å²) in [6.45, 7) is 4.45. The number of piperidine rings is 1. The van der Waals surface area contributed by atoms with Crippen molar-refractivity contribution in [2.24, 2.45) is 11.8 Å². The number of ether oxygens (including phenoxy) is 1. The minimum absolute atomic E-state index is 0.0462. The fourth-order valence-corrected chi connectivity index (χ4v) is 5.47. The van der Waals surface area contributed by atoms with Gasteiger partial charge in [-0.2, -0.15) is 4.31 Å². The molecule has 0 aromatic heterocycles. The van der Waals surface area contributed by atoms with Crippen LogP contribution >= 0.6 is 0 Å². The highest BCUT2D eigenvalue weighted by Gasteiger charge is 2.31. The Morgan fingerprint density at radius 3 is 2.34 bits per heavy atom. The monoisotopic (exact) mass is 463 g/mol. The first kappa shape index (κ1) is 23.7. The molecule has 1 aliphatic rings. The van der Waals surface area contributed by atoms with Gasteiger partial charge in [0.05, 0.1) is 10.5 Å². The lowest BCUT2D eigenvalue weighted by atomic mass is 9.94. The predicted molar refractivity (Wildman–Crippen MR) is 118 cm³/mol. The van der Waals surface area contributed by atoms with Crippen LogP contribution in [0.25, 0.3) is 0 Å². The van der Waals surface area contributed by atoms with Gasteiger partial charge in [0.15, 0.2) is 6.61 Å². The van der Waals surface area contributed by atoms with E-state index in [1.807, 2.05) is 13.8 Å². The van der Waals surface area contributed by atoms with Gasteiger partial charge in [-0.15, -0.1) is 0 Å². The molecule has 2 aromatic carbocycles. The number of nitrogens with two attached hydrogens (primary N) is 1. The molecule has 8 nitrogen and oxygen atoms in total. The first-order valence-corrected chi connectivity index (χ1v) is 11.6. The second-order valence-corrected chi connectivity index (χ2v) is 10.1. The molecule has 10 heteroatoms. The second kappa shape index (κ2) is 9.66. The Bertz CT molecular complexity index is 1100. The minimum atomic E-state index is -3.62. The fraction of sp³-hybridized carbons (Fsp3) is 0.364. The Morgan fingerprint density at radius 2 is 1.75 bits per heavy atom. The van der Waals surface area contributed by atoms with E-state index in [4.69, 9.17) is 10.5 Å². The molecule has 0 aliphatic carbocycles. The van der Waals surface area contributed by atoms with Crippen LogP contribution in [0.5, 0.6) is 0 Å². The SMILES string of the molecule is C[C@H]1C[C@H](C)CN(S(=O)(=O)c2ccc(NC(=O)COC(=O)c3ccc(F)cc3N)cc2)C1. The highest BCUT2D eigenvalue weighted by atomic mass is 32.2. The van der Waals surface area contributed by atoms with Gasteiger partial charge in [-0.3, -0.25) is 4.79 Å². The Hall–Kier alpha value is -2.98. The maximum atomic E-state index is 13.1. The summed E-state index contributed by atoms with van der Waals surface area (Å²) >= 11 is 0. The summed E-state index contributed by atoms with van der Waals surface area (Å²) in [7, 11) is -3.62. The topological polar surface area (TPSA) is 119 Å². The van der Waals surface area contributed by atoms with E-state index in [-0.39, 0.29) is 16.1 Å². The number of carbonyl (C=O) groups is 2. The first-order valence-electron chi connectivity index (χ1n) is 10.2. The molecule has 1 heterocycles. The van der Waals surface area contributed by atoms with Crippen LogP contribution in [0.1, 0.15) is 30.6 Å². The van der Waals surface area contributed by atoms with Crippen molar-refractivity contribution in [3.05, 3.63) is 53.8 Å². The van der Waals surface area contributed by atoms with Gasteiger partial charge in [0, 0.05) is 24.5 Å². The number of anilines is 2. The highest BCUT2D eigenvalue weighted by Crippen LogP contribution is 2.27. The molecule has 0 bridgehead atoms. The number of benzene rings is 2. The van der Waals surface area contributed by atoms with Gasteiger partial charge in [-0.05, 0) is 60.7 Å². The Kier molecular flexibility index (Phi) is 7.15. The predicted octanol–water partition coefficient (Wildman–Crippen LogP) is 2.87. The molecule has 32 heavy (non-hydrogen) atoms. The van der Waals surface area contributed by atoms with Crippen LogP contribution in [0.3, 0.4) is 0 Å². The lowest BCUT2D eigenvalue weighted by Gasteiger charge is -2.34. The Balaban J connectivity index is 1.58. The van der Waals surface area contributed by atoms with E-state index in [0.717, 1.165) is 18.6 Å². The summed E-state index contributed by atoms with van der Waals surface area (Å²) in [5, 5.41) is 2.53. The van der Waals surface area contributed by atoms with Gasteiger partial charge in [0.2, 0.25) is 10.0 Å². The van der Waals surface area contributed by atoms with Crippen molar-refractivity contribution in [2.75, 3.05) is 30.7 Å². The number of hydrogen-bond acceptors (Lipinski definition) is 6. The number of nitrogen functional groups attached to an aromatic ring is 1. The summed E-state index contributed by atoms with van der Waals surface area (Å²) in [6, 6.07) is 9.03. The molecule has 0 saturated carbocycles. The molecule has 0 radical (unpaired) electrons. The van der Waals surface area contributed by atoms with Crippen molar-refractivity contribution in [3.63, 3.8) is 0 Å². The summed E-state index contributed by atoms with van der Waals surface area (Å²) in [6.07, 6.45) is 0.995. The van der Waals surface area contributed by atoms with Crippen molar-refractivity contribution in [1.82, 2.24) is 4.31 Å². The van der Waals surface area contributed by atoms with Crippen LogP contribution in [-0.2, 0) is 19.6 Å². The zero-order valence-electron chi connectivity index (χ0n) is 17.9. The third-order valence-corrected chi connectivity index (χ3v) is 7.02. The molecular formula is C22H26FN3O5S. The number of esters is 1. The molecule has 3 rings (SSSR count). The number of nitrogens with one attached hydrogen (secondary N) is 1. The van der Waals surface area contributed by atoms with Gasteiger partial charge in [-0.25, -0.2) is 17.6 Å². The average Bonchev–Trinajstić information content (AvgIpc) is 2.72. The lowest BCUT2D eigenvalue weighted by molar-refractivity contribution is -0.119. The van der Waals surface area contributed by atoms with E-state index in [2.05, 4.69) is 5.32 Å². The summed E-state index contributed by atoms with van der Waals surface area (Å²) < 4.78 is 45.3. The maximum Gasteiger partial charge on any atom is 0.340 e. The van der Waals surface area contributed by atoms with Crippen molar-refractivity contribution in [1.29, 1.82) is 0 Å². The normalized spacial score (nSPS) is 19.3. The number of hydrogen-bond donors (Lipinski definition) is 2. The number of sulfonamides is 1. The second-order valence-electron chi connectivity index (χ2n) is 8.15. The van der Waals surface area contributed by atoms with Crippen LogP contribution < -0.4 is 11.1 Å². The standard InChI is InChI=1S/C22H26FN3O5S/c1-14-9-15(2)12-26(11-14)32(29,30)18-6-4-17(5-7-18)25-21(27)13-31-22(28)19-8-3-16(23)10-20(19)24/h3-8,10,14-15H,9,11-13,24H2,1-2H3,(H,25,27)/t14-,15-/m0/s1.